The number of benzene rings is 1. The Morgan fingerprint density at radius 2 is 1.55 bits per heavy atom. The zero-order valence-corrected chi connectivity index (χ0v) is 13.0. The molecule has 0 aromatic heterocycles. The first kappa shape index (κ1) is 16.5. The summed E-state index contributed by atoms with van der Waals surface area (Å²) in [4.78, 5) is 0. The van der Waals surface area contributed by atoms with Gasteiger partial charge < -0.3 is 0 Å². The number of allylic oxidation sites excluding steroid dienone is 3. The summed E-state index contributed by atoms with van der Waals surface area (Å²) in [6, 6.07) is 8.77. The molecular weight excluding hydrogens is 240 g/mol. The van der Waals surface area contributed by atoms with Crippen LogP contribution in [0.2, 0.25) is 0 Å². The average Bonchev–Trinajstić information content (AvgIpc) is 2.44. The van der Waals surface area contributed by atoms with Crippen molar-refractivity contribution in [3.63, 3.8) is 0 Å². The Labute approximate surface area is 124 Å². The van der Waals surface area contributed by atoms with Crippen LogP contribution in [-0.4, -0.2) is 0 Å². The predicted molar refractivity (Wildman–Crippen MR) is 91.1 cm³/mol. The van der Waals surface area contributed by atoms with Gasteiger partial charge in [-0.25, -0.2) is 0 Å². The summed E-state index contributed by atoms with van der Waals surface area (Å²) in [6.45, 7) is 14.0. The lowest BCUT2D eigenvalue weighted by Crippen LogP contribution is -1.90. The van der Waals surface area contributed by atoms with E-state index >= 15 is 0 Å². The van der Waals surface area contributed by atoms with Gasteiger partial charge in [0.2, 0.25) is 0 Å². The van der Waals surface area contributed by atoms with Crippen LogP contribution >= 0.6 is 0 Å². The molecule has 20 heavy (non-hydrogen) atoms. The van der Waals surface area contributed by atoms with E-state index < -0.39 is 0 Å². The van der Waals surface area contributed by atoms with E-state index in [1.165, 1.54) is 42.4 Å². The van der Waals surface area contributed by atoms with Gasteiger partial charge in [0, 0.05) is 0 Å². The SMILES string of the molecule is C=CC(=C)CCCCCCC(=C)Cc1ccc(C)cc1. The zero-order valence-electron chi connectivity index (χ0n) is 13.0. The molecule has 0 saturated carbocycles. The van der Waals surface area contributed by atoms with Gasteiger partial charge in [-0.15, -0.1) is 0 Å². The summed E-state index contributed by atoms with van der Waals surface area (Å²) in [5.74, 6) is 0. The molecule has 0 nitrogen and oxygen atoms in total. The van der Waals surface area contributed by atoms with E-state index in [4.69, 9.17) is 0 Å². The molecular formula is C20H28. The molecule has 0 aliphatic rings. The fourth-order valence-corrected chi connectivity index (χ4v) is 2.27. The molecule has 0 N–H and O–H groups in total. The molecule has 1 rings (SSSR count). The Morgan fingerprint density at radius 3 is 2.15 bits per heavy atom. The van der Waals surface area contributed by atoms with Crippen LogP contribution in [0.25, 0.3) is 0 Å². The molecule has 0 bridgehead atoms. The van der Waals surface area contributed by atoms with Gasteiger partial charge in [0.15, 0.2) is 0 Å². The summed E-state index contributed by atoms with van der Waals surface area (Å²) in [5, 5.41) is 0. The van der Waals surface area contributed by atoms with Crippen molar-refractivity contribution in [2.24, 2.45) is 0 Å². The van der Waals surface area contributed by atoms with Gasteiger partial charge in [0.05, 0.1) is 0 Å². The highest BCUT2D eigenvalue weighted by Crippen LogP contribution is 2.16. The molecule has 0 radical (unpaired) electrons. The molecule has 1 aromatic carbocycles. The first-order valence-electron chi connectivity index (χ1n) is 7.64. The summed E-state index contributed by atoms with van der Waals surface area (Å²) in [7, 11) is 0. The second-order valence-corrected chi connectivity index (χ2v) is 5.69. The molecule has 108 valence electrons. The van der Waals surface area contributed by atoms with Crippen LogP contribution in [0.15, 0.2) is 61.2 Å². The van der Waals surface area contributed by atoms with Crippen LogP contribution in [0.3, 0.4) is 0 Å². The van der Waals surface area contributed by atoms with Gasteiger partial charge in [-0.05, 0) is 44.6 Å². The van der Waals surface area contributed by atoms with E-state index in [9.17, 15) is 0 Å². The third kappa shape index (κ3) is 7.13. The fourth-order valence-electron chi connectivity index (χ4n) is 2.27. The molecule has 0 aliphatic heterocycles. The lowest BCUT2D eigenvalue weighted by Gasteiger charge is -2.07. The smallest absolute Gasteiger partial charge is 0.00698 e. The molecule has 0 unspecified atom stereocenters. The molecule has 0 fully saturated rings. The van der Waals surface area contributed by atoms with E-state index in [1.807, 2.05) is 6.08 Å². The maximum Gasteiger partial charge on any atom is -0.00698 e. The van der Waals surface area contributed by atoms with Crippen molar-refractivity contribution < 1.29 is 0 Å². The molecule has 0 heterocycles. The first-order chi connectivity index (χ1) is 9.61. The van der Waals surface area contributed by atoms with Gasteiger partial charge >= 0.3 is 0 Å². The molecule has 0 atom stereocenters. The number of rotatable bonds is 10. The van der Waals surface area contributed by atoms with Crippen LogP contribution in [0.1, 0.15) is 49.7 Å². The standard InChI is InChI=1S/C20H28/c1-5-17(2)10-8-6-7-9-11-19(4)16-20-14-12-18(3)13-15-20/h5,12-15H,1-2,4,6-11,16H2,3H3. The minimum absolute atomic E-state index is 1.02. The highest BCUT2D eigenvalue weighted by Gasteiger charge is 1.98. The second kappa shape index (κ2) is 9.36. The van der Waals surface area contributed by atoms with Gasteiger partial charge in [-0.2, -0.15) is 0 Å². The molecule has 0 amide bonds. The maximum absolute atomic E-state index is 4.20. The molecule has 0 heteroatoms. The number of hydrogen-bond acceptors (Lipinski definition) is 0. The van der Waals surface area contributed by atoms with Crippen molar-refractivity contribution in [2.75, 3.05) is 0 Å². The maximum atomic E-state index is 4.20. The third-order valence-electron chi connectivity index (χ3n) is 3.64. The van der Waals surface area contributed by atoms with Crippen LogP contribution in [0.5, 0.6) is 0 Å². The van der Waals surface area contributed by atoms with E-state index in [0.29, 0.717) is 0 Å². The lowest BCUT2D eigenvalue weighted by molar-refractivity contribution is 0.637. The van der Waals surface area contributed by atoms with Gasteiger partial charge in [-0.3, -0.25) is 0 Å². The fraction of sp³-hybridized carbons (Fsp3) is 0.400. The van der Waals surface area contributed by atoms with E-state index in [2.05, 4.69) is 50.9 Å². The summed E-state index contributed by atoms with van der Waals surface area (Å²) >= 11 is 0. The number of hydrogen-bond donors (Lipinski definition) is 0. The minimum atomic E-state index is 1.02. The highest BCUT2D eigenvalue weighted by atomic mass is 14.0. The Hall–Kier alpha value is -1.56. The third-order valence-corrected chi connectivity index (χ3v) is 3.64. The van der Waals surface area contributed by atoms with Gasteiger partial charge in [0.25, 0.3) is 0 Å². The van der Waals surface area contributed by atoms with Crippen molar-refractivity contribution in [3.05, 3.63) is 72.4 Å². The normalized spacial score (nSPS) is 10.2. The second-order valence-electron chi connectivity index (χ2n) is 5.69. The molecule has 1 aromatic rings. The average molecular weight is 268 g/mol. The monoisotopic (exact) mass is 268 g/mol. The van der Waals surface area contributed by atoms with Gasteiger partial charge in [-0.1, -0.05) is 79.6 Å². The number of unbranched alkanes of at least 4 members (excludes halogenated alkanes) is 3. The van der Waals surface area contributed by atoms with E-state index in [-0.39, 0.29) is 0 Å². The summed E-state index contributed by atoms with van der Waals surface area (Å²) < 4.78 is 0. The van der Waals surface area contributed by atoms with Crippen LogP contribution in [-0.2, 0) is 6.42 Å². The van der Waals surface area contributed by atoms with Crippen LogP contribution < -0.4 is 0 Å². The van der Waals surface area contributed by atoms with E-state index in [1.54, 1.807) is 0 Å². The largest absolute Gasteiger partial charge is 0.0995 e. The molecule has 0 spiro atoms. The Balaban J connectivity index is 2.10. The predicted octanol–water partition coefficient (Wildman–Crippen LogP) is 6.18. The van der Waals surface area contributed by atoms with Crippen molar-refractivity contribution in [1.82, 2.24) is 0 Å². The molecule has 0 aliphatic carbocycles. The Kier molecular flexibility index (Phi) is 7.72. The van der Waals surface area contributed by atoms with Crippen molar-refractivity contribution in [3.8, 4) is 0 Å². The summed E-state index contributed by atoms with van der Waals surface area (Å²) in [5.41, 5.74) is 5.21. The van der Waals surface area contributed by atoms with Crippen LogP contribution in [0.4, 0.5) is 0 Å². The van der Waals surface area contributed by atoms with Gasteiger partial charge in [0.1, 0.15) is 0 Å². The molecule has 0 saturated heterocycles. The quantitative estimate of drug-likeness (QED) is 0.270. The van der Waals surface area contributed by atoms with Crippen LogP contribution in [0, 0.1) is 6.92 Å². The Bertz CT molecular complexity index is 434. The minimum Gasteiger partial charge on any atom is -0.0995 e. The van der Waals surface area contributed by atoms with E-state index in [0.717, 1.165) is 24.8 Å². The summed E-state index contributed by atoms with van der Waals surface area (Å²) in [6.07, 6.45) is 10.2. The van der Waals surface area contributed by atoms with Crippen molar-refractivity contribution >= 4 is 0 Å². The number of aryl methyl sites for hydroxylation is 1. The van der Waals surface area contributed by atoms with Crippen molar-refractivity contribution in [2.45, 2.75) is 51.9 Å². The van der Waals surface area contributed by atoms with Crippen molar-refractivity contribution in [1.29, 1.82) is 0 Å². The Morgan fingerprint density at radius 1 is 0.950 bits per heavy atom. The first-order valence-corrected chi connectivity index (χ1v) is 7.64. The zero-order chi connectivity index (χ0) is 14.8. The lowest BCUT2D eigenvalue weighted by atomic mass is 9.99. The topological polar surface area (TPSA) is 0 Å². The highest BCUT2D eigenvalue weighted by molar-refractivity contribution is 5.24.